The molecule has 1 aromatic heterocycles. The average molecular weight is 263 g/mol. The maximum atomic E-state index is 10.6. The second-order valence-corrected chi connectivity index (χ2v) is 5.87. The number of aliphatic hydroxyl groups is 1. The Morgan fingerprint density at radius 3 is 2.68 bits per heavy atom. The molecule has 0 bridgehead atoms. The van der Waals surface area contributed by atoms with Crippen LogP contribution in [0.4, 0.5) is 5.82 Å². The fraction of sp³-hybridized carbons (Fsp3) is 0.733. The Kier molecular flexibility index (Phi) is 4.40. The molecule has 4 nitrogen and oxygen atoms in total. The van der Waals surface area contributed by atoms with Gasteiger partial charge in [0.1, 0.15) is 5.82 Å². The zero-order valence-electron chi connectivity index (χ0n) is 12.2. The molecule has 0 amide bonds. The molecule has 0 atom stereocenters. The van der Waals surface area contributed by atoms with Crippen LogP contribution in [0, 0.1) is 19.8 Å². The van der Waals surface area contributed by atoms with Crippen LogP contribution in [0.3, 0.4) is 0 Å². The highest BCUT2D eigenvalue weighted by Crippen LogP contribution is 2.33. The second kappa shape index (κ2) is 5.87. The van der Waals surface area contributed by atoms with Gasteiger partial charge in [0.25, 0.3) is 0 Å². The third-order valence-corrected chi connectivity index (χ3v) is 4.27. The van der Waals surface area contributed by atoms with Crippen LogP contribution < -0.4 is 5.32 Å². The van der Waals surface area contributed by atoms with Gasteiger partial charge in [-0.25, -0.2) is 4.98 Å². The number of rotatable bonds is 4. The highest BCUT2D eigenvalue weighted by atomic mass is 16.3. The molecule has 4 heteroatoms. The van der Waals surface area contributed by atoms with Crippen LogP contribution in [0.25, 0.3) is 0 Å². The van der Waals surface area contributed by atoms with Gasteiger partial charge >= 0.3 is 0 Å². The second-order valence-electron chi connectivity index (χ2n) is 5.87. The van der Waals surface area contributed by atoms with Crippen LogP contribution >= 0.6 is 0 Å². The van der Waals surface area contributed by atoms with Gasteiger partial charge in [0.15, 0.2) is 0 Å². The Morgan fingerprint density at radius 1 is 1.37 bits per heavy atom. The van der Waals surface area contributed by atoms with Crippen molar-refractivity contribution < 1.29 is 5.11 Å². The number of aromatic nitrogens is 2. The van der Waals surface area contributed by atoms with Crippen LogP contribution in [0.1, 0.15) is 50.4 Å². The van der Waals surface area contributed by atoms with Crippen molar-refractivity contribution in [2.45, 2.75) is 58.5 Å². The van der Waals surface area contributed by atoms with E-state index < -0.39 is 5.60 Å². The van der Waals surface area contributed by atoms with Gasteiger partial charge in [-0.05, 0) is 45.4 Å². The Morgan fingerprint density at radius 2 is 2.05 bits per heavy atom. The normalized spacial score (nSPS) is 27.3. The van der Waals surface area contributed by atoms with Gasteiger partial charge in [0, 0.05) is 12.7 Å². The zero-order valence-corrected chi connectivity index (χ0v) is 12.2. The minimum Gasteiger partial charge on any atom is -0.388 e. The first kappa shape index (κ1) is 14.3. The first-order valence-corrected chi connectivity index (χ1v) is 7.29. The van der Waals surface area contributed by atoms with Crippen LogP contribution in [0.2, 0.25) is 0 Å². The van der Waals surface area contributed by atoms with Gasteiger partial charge in [-0.15, -0.1) is 0 Å². The summed E-state index contributed by atoms with van der Waals surface area (Å²) in [4.78, 5) is 8.72. The van der Waals surface area contributed by atoms with Crippen molar-refractivity contribution in [3.63, 3.8) is 0 Å². The SMILES string of the molecule is CCC1CCC(O)(CNc2nc(C)cnc2C)CC1. The molecule has 2 rings (SSSR count). The number of nitrogens with one attached hydrogen (secondary N) is 1. The van der Waals surface area contributed by atoms with Crippen LogP contribution in [-0.4, -0.2) is 27.2 Å². The van der Waals surface area contributed by atoms with E-state index >= 15 is 0 Å². The summed E-state index contributed by atoms with van der Waals surface area (Å²) >= 11 is 0. The molecule has 1 aliphatic rings. The van der Waals surface area contributed by atoms with Crippen LogP contribution in [0.5, 0.6) is 0 Å². The third-order valence-electron chi connectivity index (χ3n) is 4.27. The van der Waals surface area contributed by atoms with Crippen LogP contribution in [-0.2, 0) is 0 Å². The molecule has 1 heterocycles. The smallest absolute Gasteiger partial charge is 0.147 e. The summed E-state index contributed by atoms with van der Waals surface area (Å²) in [5.41, 5.74) is 1.20. The quantitative estimate of drug-likeness (QED) is 0.877. The van der Waals surface area contributed by atoms with E-state index in [1.54, 1.807) is 6.20 Å². The largest absolute Gasteiger partial charge is 0.388 e. The molecule has 0 spiro atoms. The van der Waals surface area contributed by atoms with Crippen molar-refractivity contribution in [1.82, 2.24) is 9.97 Å². The Balaban J connectivity index is 1.93. The summed E-state index contributed by atoms with van der Waals surface area (Å²) in [5, 5.41) is 13.9. The zero-order chi connectivity index (χ0) is 13.9. The Bertz CT molecular complexity index is 425. The van der Waals surface area contributed by atoms with E-state index in [4.69, 9.17) is 0 Å². The molecule has 106 valence electrons. The van der Waals surface area contributed by atoms with Crippen molar-refractivity contribution in [3.05, 3.63) is 17.6 Å². The maximum absolute atomic E-state index is 10.6. The molecule has 1 aliphatic carbocycles. The average Bonchev–Trinajstić information content (AvgIpc) is 2.41. The molecule has 1 saturated carbocycles. The number of hydrogen-bond donors (Lipinski definition) is 2. The highest BCUT2D eigenvalue weighted by Gasteiger charge is 2.32. The van der Waals surface area contributed by atoms with Gasteiger partial charge < -0.3 is 10.4 Å². The lowest BCUT2D eigenvalue weighted by molar-refractivity contribution is 0.00221. The van der Waals surface area contributed by atoms with E-state index in [1.807, 2.05) is 13.8 Å². The van der Waals surface area contributed by atoms with E-state index in [-0.39, 0.29) is 0 Å². The number of hydrogen-bond acceptors (Lipinski definition) is 4. The molecule has 0 aliphatic heterocycles. The van der Waals surface area contributed by atoms with Gasteiger partial charge in [-0.2, -0.15) is 0 Å². The highest BCUT2D eigenvalue weighted by molar-refractivity contribution is 5.39. The van der Waals surface area contributed by atoms with Gasteiger partial charge in [-0.3, -0.25) is 4.98 Å². The Labute approximate surface area is 115 Å². The number of anilines is 1. The maximum Gasteiger partial charge on any atom is 0.147 e. The molecule has 0 saturated heterocycles. The molecular weight excluding hydrogens is 238 g/mol. The summed E-state index contributed by atoms with van der Waals surface area (Å²) in [7, 11) is 0. The monoisotopic (exact) mass is 263 g/mol. The summed E-state index contributed by atoms with van der Waals surface area (Å²) in [6, 6.07) is 0. The lowest BCUT2D eigenvalue weighted by Gasteiger charge is -2.36. The first-order chi connectivity index (χ1) is 9.02. The fourth-order valence-electron chi connectivity index (χ4n) is 2.75. The summed E-state index contributed by atoms with van der Waals surface area (Å²) in [5.74, 6) is 1.59. The topological polar surface area (TPSA) is 58.0 Å². The molecule has 0 unspecified atom stereocenters. The number of aryl methyl sites for hydroxylation is 2. The predicted molar refractivity (Wildman–Crippen MR) is 77.2 cm³/mol. The minimum absolute atomic E-state index is 0.572. The van der Waals surface area contributed by atoms with Gasteiger partial charge in [0.05, 0.1) is 17.0 Å². The van der Waals surface area contributed by atoms with Gasteiger partial charge in [0.2, 0.25) is 0 Å². The summed E-state index contributed by atoms with van der Waals surface area (Å²) < 4.78 is 0. The van der Waals surface area contributed by atoms with Crippen molar-refractivity contribution >= 4 is 5.82 Å². The summed E-state index contributed by atoms with van der Waals surface area (Å²) in [6.07, 6.45) is 7.03. The summed E-state index contributed by atoms with van der Waals surface area (Å²) in [6.45, 7) is 6.67. The molecule has 1 aromatic rings. The van der Waals surface area contributed by atoms with E-state index in [2.05, 4.69) is 22.2 Å². The minimum atomic E-state index is -0.580. The lowest BCUT2D eigenvalue weighted by atomic mass is 9.78. The van der Waals surface area contributed by atoms with E-state index in [0.717, 1.165) is 48.8 Å². The standard InChI is InChI=1S/C15H25N3O/c1-4-13-5-7-15(19,8-6-13)10-17-14-12(3)16-9-11(2)18-14/h9,13,19H,4-8,10H2,1-3H3,(H,17,18). The first-order valence-electron chi connectivity index (χ1n) is 7.29. The number of nitrogens with zero attached hydrogens (tertiary/aromatic N) is 2. The molecule has 19 heavy (non-hydrogen) atoms. The van der Waals surface area contributed by atoms with E-state index in [9.17, 15) is 5.11 Å². The molecule has 0 radical (unpaired) electrons. The molecular formula is C15H25N3O. The fourth-order valence-corrected chi connectivity index (χ4v) is 2.75. The van der Waals surface area contributed by atoms with Crippen molar-refractivity contribution in [1.29, 1.82) is 0 Å². The van der Waals surface area contributed by atoms with Crippen LogP contribution in [0.15, 0.2) is 6.20 Å². The predicted octanol–water partition coefficient (Wildman–Crippen LogP) is 2.84. The molecule has 1 fully saturated rings. The Hall–Kier alpha value is -1.16. The van der Waals surface area contributed by atoms with E-state index in [0.29, 0.717) is 6.54 Å². The van der Waals surface area contributed by atoms with Crippen molar-refractivity contribution in [3.8, 4) is 0 Å². The third kappa shape index (κ3) is 3.66. The van der Waals surface area contributed by atoms with Crippen molar-refractivity contribution in [2.24, 2.45) is 5.92 Å². The molecule has 2 N–H and O–H groups in total. The van der Waals surface area contributed by atoms with E-state index in [1.165, 1.54) is 6.42 Å². The van der Waals surface area contributed by atoms with Crippen molar-refractivity contribution in [2.75, 3.05) is 11.9 Å². The van der Waals surface area contributed by atoms with Gasteiger partial charge in [-0.1, -0.05) is 13.3 Å². The molecule has 0 aromatic carbocycles. The lowest BCUT2D eigenvalue weighted by Crippen LogP contribution is -2.40.